The molecule has 0 fully saturated rings. The van der Waals surface area contributed by atoms with Crippen LogP contribution in [0.5, 0.6) is 0 Å². The number of halogens is 3. The molecule has 3 aromatic rings. The fourth-order valence-corrected chi connectivity index (χ4v) is 2.23. The Morgan fingerprint density at radius 1 is 0.654 bits per heavy atom. The van der Waals surface area contributed by atoms with Crippen molar-refractivity contribution in [3.05, 3.63) is 84.2 Å². The number of amides is 2. The van der Waals surface area contributed by atoms with Gasteiger partial charge in [0.25, 0.3) is 0 Å². The van der Waals surface area contributed by atoms with E-state index in [0.29, 0.717) is 5.69 Å². The summed E-state index contributed by atoms with van der Waals surface area (Å²) in [5.41, 5.74) is 1.72. The normalized spacial score (nSPS) is 10.3. The third-order valence-electron chi connectivity index (χ3n) is 3.49. The molecule has 0 heterocycles. The first-order chi connectivity index (χ1) is 12.5. The van der Waals surface area contributed by atoms with Gasteiger partial charge in [-0.05, 0) is 48.5 Å². The van der Waals surface area contributed by atoms with Gasteiger partial charge in [-0.3, -0.25) is 0 Å². The second kappa shape index (κ2) is 7.60. The minimum Gasteiger partial charge on any atom is -0.356 e. The topological polar surface area (TPSA) is 53.2 Å². The van der Waals surface area contributed by atoms with Crippen LogP contribution in [-0.2, 0) is 0 Å². The second-order valence-corrected chi connectivity index (χ2v) is 5.37. The fourth-order valence-electron chi connectivity index (χ4n) is 2.23. The van der Waals surface area contributed by atoms with Gasteiger partial charge in [0.15, 0.2) is 17.5 Å². The molecule has 7 heteroatoms. The molecule has 0 saturated carbocycles. The minimum absolute atomic E-state index is 0.448. The summed E-state index contributed by atoms with van der Waals surface area (Å²) in [6, 6.07) is 17.2. The highest BCUT2D eigenvalue weighted by Gasteiger charge is 2.15. The zero-order valence-electron chi connectivity index (χ0n) is 13.4. The third kappa shape index (κ3) is 4.13. The van der Waals surface area contributed by atoms with Gasteiger partial charge in [-0.1, -0.05) is 18.2 Å². The fraction of sp³-hybridized carbons (Fsp3) is 0. The Labute approximate surface area is 147 Å². The summed E-state index contributed by atoms with van der Waals surface area (Å²) in [7, 11) is 0. The maximum atomic E-state index is 13.6. The molecule has 3 aromatic carbocycles. The van der Waals surface area contributed by atoms with E-state index in [9.17, 15) is 18.0 Å². The van der Waals surface area contributed by atoms with Crippen molar-refractivity contribution in [3.8, 4) is 0 Å². The molecule has 0 aliphatic heterocycles. The van der Waals surface area contributed by atoms with E-state index >= 15 is 0 Å². The molecule has 2 amide bonds. The first-order valence-electron chi connectivity index (χ1n) is 7.66. The molecule has 0 aliphatic carbocycles. The van der Waals surface area contributed by atoms with Crippen LogP contribution >= 0.6 is 0 Å². The molecule has 0 unspecified atom stereocenters. The number of urea groups is 1. The van der Waals surface area contributed by atoms with Gasteiger partial charge >= 0.3 is 6.03 Å². The molecule has 0 saturated heterocycles. The van der Waals surface area contributed by atoms with Gasteiger partial charge in [0.05, 0.1) is 5.69 Å². The number of benzene rings is 3. The second-order valence-electron chi connectivity index (χ2n) is 5.37. The van der Waals surface area contributed by atoms with E-state index in [-0.39, 0.29) is 0 Å². The molecule has 3 N–H and O–H groups in total. The lowest BCUT2D eigenvalue weighted by Gasteiger charge is -2.10. The Morgan fingerprint density at radius 2 is 1.27 bits per heavy atom. The Hall–Kier alpha value is -3.48. The van der Waals surface area contributed by atoms with Gasteiger partial charge in [-0.25, -0.2) is 18.0 Å². The van der Waals surface area contributed by atoms with Crippen molar-refractivity contribution in [2.75, 3.05) is 16.0 Å². The van der Waals surface area contributed by atoms with Crippen LogP contribution in [0.1, 0.15) is 0 Å². The Bertz CT molecular complexity index is 915. The first kappa shape index (κ1) is 17.3. The molecular weight excluding hydrogens is 343 g/mol. The number of hydrogen-bond donors (Lipinski definition) is 3. The van der Waals surface area contributed by atoms with Gasteiger partial charge < -0.3 is 16.0 Å². The largest absolute Gasteiger partial charge is 0.356 e. The summed E-state index contributed by atoms with van der Waals surface area (Å²) >= 11 is 0. The van der Waals surface area contributed by atoms with E-state index in [1.165, 1.54) is 0 Å². The lowest BCUT2D eigenvalue weighted by atomic mass is 10.2. The maximum Gasteiger partial charge on any atom is 0.323 e. The van der Waals surface area contributed by atoms with Crippen LogP contribution in [0.3, 0.4) is 0 Å². The number of para-hydroxylation sites is 1. The number of carbonyl (C=O) groups excluding carboxylic acids is 1. The lowest BCUT2D eigenvalue weighted by Crippen LogP contribution is -2.20. The van der Waals surface area contributed by atoms with Gasteiger partial charge in [0, 0.05) is 17.1 Å². The van der Waals surface area contributed by atoms with Gasteiger partial charge in [0.1, 0.15) is 0 Å². The summed E-state index contributed by atoms with van der Waals surface area (Å²) in [5.74, 6) is -4.42. The molecule has 0 radical (unpaired) electrons. The predicted molar refractivity (Wildman–Crippen MR) is 95.1 cm³/mol. The minimum atomic E-state index is -1.64. The van der Waals surface area contributed by atoms with Crippen LogP contribution in [0.15, 0.2) is 66.7 Å². The van der Waals surface area contributed by atoms with Crippen molar-refractivity contribution >= 4 is 28.8 Å². The quantitative estimate of drug-likeness (QED) is 0.541. The van der Waals surface area contributed by atoms with Crippen molar-refractivity contribution in [2.45, 2.75) is 0 Å². The standard InChI is InChI=1S/C19H14F3N3O/c20-15-10-11-16(18(22)17(15)21)25-19(26)24-14-8-6-13(7-9-14)23-12-4-2-1-3-5-12/h1-11,23H,(H2,24,25,26). The number of anilines is 4. The van der Waals surface area contributed by atoms with Crippen LogP contribution in [0.4, 0.5) is 40.7 Å². The third-order valence-corrected chi connectivity index (χ3v) is 3.49. The van der Waals surface area contributed by atoms with Crippen LogP contribution in [0.2, 0.25) is 0 Å². The summed E-state index contributed by atoms with van der Waals surface area (Å²) in [6.07, 6.45) is 0. The van der Waals surface area contributed by atoms with Crippen molar-refractivity contribution in [2.24, 2.45) is 0 Å². The van der Waals surface area contributed by atoms with Gasteiger partial charge in [-0.15, -0.1) is 0 Å². The summed E-state index contributed by atoms with van der Waals surface area (Å²) in [4.78, 5) is 11.9. The number of hydrogen-bond acceptors (Lipinski definition) is 2. The molecule has 0 aliphatic rings. The zero-order chi connectivity index (χ0) is 18.5. The number of rotatable bonds is 4. The highest BCUT2D eigenvalue weighted by atomic mass is 19.2. The first-order valence-corrected chi connectivity index (χ1v) is 7.66. The molecule has 26 heavy (non-hydrogen) atoms. The monoisotopic (exact) mass is 357 g/mol. The SMILES string of the molecule is O=C(Nc1ccc(Nc2ccccc2)cc1)Nc1ccc(F)c(F)c1F. The average molecular weight is 357 g/mol. The lowest BCUT2D eigenvalue weighted by molar-refractivity contribution is 0.262. The highest BCUT2D eigenvalue weighted by molar-refractivity contribution is 5.99. The molecule has 3 rings (SSSR count). The Balaban J connectivity index is 1.62. The number of nitrogens with one attached hydrogen (secondary N) is 3. The smallest absolute Gasteiger partial charge is 0.323 e. The predicted octanol–water partition coefficient (Wildman–Crippen LogP) is 5.49. The van der Waals surface area contributed by atoms with Crippen LogP contribution in [0, 0.1) is 17.5 Å². The molecule has 0 aromatic heterocycles. The summed E-state index contributed by atoms with van der Waals surface area (Å²) < 4.78 is 39.6. The van der Waals surface area contributed by atoms with Gasteiger partial charge in [0.2, 0.25) is 0 Å². The van der Waals surface area contributed by atoms with E-state index in [1.54, 1.807) is 24.3 Å². The van der Waals surface area contributed by atoms with Crippen LogP contribution in [0.25, 0.3) is 0 Å². The molecule has 0 bridgehead atoms. The van der Waals surface area contributed by atoms with Crippen molar-refractivity contribution < 1.29 is 18.0 Å². The molecule has 132 valence electrons. The van der Waals surface area contributed by atoms with Gasteiger partial charge in [-0.2, -0.15) is 0 Å². The maximum absolute atomic E-state index is 13.6. The van der Waals surface area contributed by atoms with Crippen molar-refractivity contribution in [1.82, 2.24) is 0 Å². The molecule has 0 atom stereocenters. The van der Waals surface area contributed by atoms with Crippen LogP contribution in [-0.4, -0.2) is 6.03 Å². The van der Waals surface area contributed by atoms with Crippen molar-refractivity contribution in [1.29, 1.82) is 0 Å². The Kier molecular flexibility index (Phi) is 5.07. The van der Waals surface area contributed by atoms with Crippen molar-refractivity contribution in [3.63, 3.8) is 0 Å². The average Bonchev–Trinajstić information content (AvgIpc) is 2.65. The highest BCUT2D eigenvalue weighted by Crippen LogP contribution is 2.21. The number of carbonyl (C=O) groups is 1. The van der Waals surface area contributed by atoms with E-state index in [4.69, 9.17) is 0 Å². The van der Waals surface area contributed by atoms with E-state index in [0.717, 1.165) is 23.5 Å². The van der Waals surface area contributed by atoms with Crippen LogP contribution < -0.4 is 16.0 Å². The molecule has 4 nitrogen and oxygen atoms in total. The Morgan fingerprint density at radius 3 is 1.96 bits per heavy atom. The molecular formula is C19H14F3N3O. The zero-order valence-corrected chi connectivity index (χ0v) is 13.4. The molecule has 0 spiro atoms. The van der Waals surface area contributed by atoms with E-state index in [2.05, 4.69) is 16.0 Å². The summed E-state index contributed by atoms with van der Waals surface area (Å²) in [6.45, 7) is 0. The van der Waals surface area contributed by atoms with E-state index < -0.39 is 29.2 Å². The van der Waals surface area contributed by atoms with E-state index in [1.807, 2.05) is 30.3 Å². The summed E-state index contributed by atoms with van der Waals surface area (Å²) in [5, 5.41) is 7.80.